The summed E-state index contributed by atoms with van der Waals surface area (Å²) in [6, 6.07) is 9.04. The van der Waals surface area contributed by atoms with Crippen LogP contribution in [0.2, 0.25) is 0 Å². The number of aromatic amines is 2. The molecule has 0 radical (unpaired) electrons. The molecule has 10 heteroatoms. The van der Waals surface area contributed by atoms with Gasteiger partial charge in [0.2, 0.25) is 10.0 Å². The van der Waals surface area contributed by atoms with Crippen LogP contribution in [0.1, 0.15) is 40.4 Å². The average Bonchev–Trinajstić information content (AvgIpc) is 3.11. The number of piperidine rings is 1. The number of aromatic nitrogens is 3. The molecule has 3 N–H and O–H groups in total. The van der Waals surface area contributed by atoms with Crippen LogP contribution >= 0.6 is 0 Å². The maximum Gasteiger partial charge on any atom is 0.323 e. The topological polar surface area (TPSA) is 128 Å². The van der Waals surface area contributed by atoms with E-state index in [1.807, 2.05) is 18.2 Å². The number of fused-ring (bicyclic) bond motifs is 1. The number of carbonyl (C=O) groups is 1. The molecule has 0 bridgehead atoms. The van der Waals surface area contributed by atoms with Gasteiger partial charge in [0.15, 0.2) is 0 Å². The van der Waals surface area contributed by atoms with E-state index in [-0.39, 0.29) is 17.5 Å². The van der Waals surface area contributed by atoms with Crippen molar-refractivity contribution in [3.63, 3.8) is 0 Å². The molecule has 158 valence electrons. The van der Waals surface area contributed by atoms with E-state index >= 15 is 0 Å². The third kappa shape index (κ3) is 4.44. The van der Waals surface area contributed by atoms with E-state index in [0.717, 1.165) is 29.6 Å². The van der Waals surface area contributed by atoms with Gasteiger partial charge >= 0.3 is 5.69 Å². The third-order valence-corrected chi connectivity index (χ3v) is 6.73. The van der Waals surface area contributed by atoms with Crippen molar-refractivity contribution in [2.24, 2.45) is 0 Å². The molecule has 0 atom stereocenters. The van der Waals surface area contributed by atoms with Crippen LogP contribution in [0.15, 0.2) is 41.3 Å². The summed E-state index contributed by atoms with van der Waals surface area (Å²) < 4.78 is 24.7. The zero-order valence-corrected chi connectivity index (χ0v) is 17.3. The van der Waals surface area contributed by atoms with Crippen molar-refractivity contribution in [1.29, 1.82) is 0 Å². The van der Waals surface area contributed by atoms with Gasteiger partial charge in [-0.25, -0.2) is 17.5 Å². The fourth-order valence-corrected chi connectivity index (χ4v) is 4.61. The largest absolute Gasteiger partial charge is 0.348 e. The number of hydrogen-bond donors (Lipinski definition) is 3. The van der Waals surface area contributed by atoms with E-state index in [4.69, 9.17) is 0 Å². The van der Waals surface area contributed by atoms with Gasteiger partial charge in [0.25, 0.3) is 5.91 Å². The molecule has 0 unspecified atom stereocenters. The molecule has 4 rings (SSSR count). The summed E-state index contributed by atoms with van der Waals surface area (Å²) in [6.45, 7) is 1.31. The second-order valence-corrected chi connectivity index (χ2v) is 9.53. The minimum absolute atomic E-state index is 0.190. The zero-order chi connectivity index (χ0) is 21.3. The van der Waals surface area contributed by atoms with E-state index in [2.05, 4.69) is 20.3 Å². The summed E-state index contributed by atoms with van der Waals surface area (Å²) in [6.07, 6.45) is 4.22. The maximum atomic E-state index is 12.4. The summed E-state index contributed by atoms with van der Waals surface area (Å²) in [5.41, 5.74) is 3.36. The number of hydrogen-bond acceptors (Lipinski definition) is 5. The Kier molecular flexibility index (Phi) is 5.44. The first-order valence-corrected chi connectivity index (χ1v) is 11.5. The number of nitrogens with one attached hydrogen (secondary N) is 3. The number of benzene rings is 1. The first kappa shape index (κ1) is 20.3. The quantitative estimate of drug-likeness (QED) is 0.564. The molecule has 0 spiro atoms. The molecule has 0 saturated carbocycles. The van der Waals surface area contributed by atoms with Crippen LogP contribution in [-0.2, 0) is 16.6 Å². The minimum Gasteiger partial charge on any atom is -0.348 e. The Balaban J connectivity index is 1.35. The Morgan fingerprint density at radius 3 is 2.57 bits per heavy atom. The van der Waals surface area contributed by atoms with Crippen LogP contribution in [0.5, 0.6) is 0 Å². The lowest BCUT2D eigenvalue weighted by atomic mass is 9.94. The van der Waals surface area contributed by atoms with Gasteiger partial charge < -0.3 is 15.3 Å². The second kappa shape index (κ2) is 8.04. The van der Waals surface area contributed by atoms with Crippen LogP contribution in [0, 0.1) is 0 Å². The number of amides is 1. The molecule has 2 aromatic heterocycles. The molecular formula is C20H23N5O4S. The Bertz CT molecular complexity index is 1220. The van der Waals surface area contributed by atoms with E-state index in [1.165, 1.54) is 10.6 Å². The molecule has 1 aromatic carbocycles. The molecule has 9 nitrogen and oxygen atoms in total. The van der Waals surface area contributed by atoms with Crippen molar-refractivity contribution in [1.82, 2.24) is 24.6 Å². The summed E-state index contributed by atoms with van der Waals surface area (Å²) in [5, 5.41) is 2.85. The van der Waals surface area contributed by atoms with Crippen molar-refractivity contribution in [3.05, 3.63) is 63.8 Å². The van der Waals surface area contributed by atoms with Gasteiger partial charge in [0.05, 0.1) is 22.9 Å². The number of H-pyrrole nitrogens is 2. The number of rotatable bonds is 5. The first-order chi connectivity index (χ1) is 14.3. The Labute approximate surface area is 173 Å². The molecule has 3 aromatic rings. The normalized spacial score (nSPS) is 16.0. The number of imidazole rings is 1. The van der Waals surface area contributed by atoms with E-state index < -0.39 is 10.0 Å². The standard InChI is InChI=1S/C20H23N5O4S/c1-30(28,29)25-8-6-14(7-9-25)16-5-3-15(12-21-16)19(26)22-11-13-2-4-17-18(10-13)24-20(27)23-17/h2-5,10,12,14H,6-9,11H2,1H3,(H,22,26)(H2,23,24,27). The summed E-state index contributed by atoms with van der Waals surface area (Å²) in [5.74, 6) is -0.0426. The van der Waals surface area contributed by atoms with Gasteiger partial charge in [-0.3, -0.25) is 9.78 Å². The molecule has 30 heavy (non-hydrogen) atoms. The predicted octanol–water partition coefficient (Wildman–Crippen LogP) is 1.32. The molecule has 1 amide bonds. The molecule has 1 aliphatic rings. The Hall–Kier alpha value is -2.98. The number of carbonyl (C=O) groups excluding carboxylic acids is 1. The van der Waals surface area contributed by atoms with Gasteiger partial charge in [0.1, 0.15) is 0 Å². The van der Waals surface area contributed by atoms with Gasteiger partial charge in [-0.05, 0) is 42.7 Å². The van der Waals surface area contributed by atoms with Gasteiger partial charge in [0, 0.05) is 37.4 Å². The highest BCUT2D eigenvalue weighted by Gasteiger charge is 2.26. The third-order valence-electron chi connectivity index (χ3n) is 5.42. The second-order valence-electron chi connectivity index (χ2n) is 7.55. The lowest BCUT2D eigenvalue weighted by Gasteiger charge is -2.29. The van der Waals surface area contributed by atoms with E-state index in [1.54, 1.807) is 18.3 Å². The minimum atomic E-state index is -3.15. The van der Waals surface area contributed by atoms with Gasteiger partial charge in [-0.15, -0.1) is 0 Å². The predicted molar refractivity (Wildman–Crippen MR) is 113 cm³/mol. The molecular weight excluding hydrogens is 406 g/mol. The fourth-order valence-electron chi connectivity index (χ4n) is 3.74. The van der Waals surface area contributed by atoms with E-state index in [0.29, 0.717) is 30.7 Å². The fraction of sp³-hybridized carbons (Fsp3) is 0.350. The van der Waals surface area contributed by atoms with Crippen molar-refractivity contribution in [2.45, 2.75) is 25.3 Å². The maximum absolute atomic E-state index is 12.4. The van der Waals surface area contributed by atoms with E-state index in [9.17, 15) is 18.0 Å². The van der Waals surface area contributed by atoms with Crippen LogP contribution in [-0.4, -0.2) is 52.9 Å². The van der Waals surface area contributed by atoms with Crippen molar-refractivity contribution in [2.75, 3.05) is 19.3 Å². The smallest absolute Gasteiger partial charge is 0.323 e. The highest BCUT2D eigenvalue weighted by molar-refractivity contribution is 7.88. The number of nitrogens with zero attached hydrogens (tertiary/aromatic N) is 2. The lowest BCUT2D eigenvalue weighted by Crippen LogP contribution is -2.37. The van der Waals surface area contributed by atoms with Crippen LogP contribution in [0.25, 0.3) is 11.0 Å². The molecule has 3 heterocycles. The average molecular weight is 430 g/mol. The van der Waals surface area contributed by atoms with Crippen LogP contribution in [0.3, 0.4) is 0 Å². The van der Waals surface area contributed by atoms with Crippen LogP contribution < -0.4 is 11.0 Å². The van der Waals surface area contributed by atoms with Crippen molar-refractivity contribution < 1.29 is 13.2 Å². The molecule has 1 aliphatic heterocycles. The molecule has 1 fully saturated rings. The number of pyridine rings is 1. The lowest BCUT2D eigenvalue weighted by molar-refractivity contribution is 0.0950. The Morgan fingerprint density at radius 1 is 1.17 bits per heavy atom. The zero-order valence-electron chi connectivity index (χ0n) is 16.5. The molecule has 0 aliphatic carbocycles. The van der Waals surface area contributed by atoms with Crippen molar-refractivity contribution >= 4 is 27.0 Å². The number of sulfonamides is 1. The van der Waals surface area contributed by atoms with Gasteiger partial charge in [-0.2, -0.15) is 0 Å². The summed E-state index contributed by atoms with van der Waals surface area (Å²) in [7, 11) is -3.15. The van der Waals surface area contributed by atoms with Crippen molar-refractivity contribution in [3.8, 4) is 0 Å². The highest BCUT2D eigenvalue weighted by Crippen LogP contribution is 2.27. The monoisotopic (exact) mass is 429 g/mol. The summed E-state index contributed by atoms with van der Waals surface area (Å²) >= 11 is 0. The summed E-state index contributed by atoms with van der Waals surface area (Å²) in [4.78, 5) is 33.6. The van der Waals surface area contributed by atoms with Crippen LogP contribution in [0.4, 0.5) is 0 Å². The first-order valence-electron chi connectivity index (χ1n) is 9.70. The van der Waals surface area contributed by atoms with Gasteiger partial charge in [-0.1, -0.05) is 6.07 Å². The SMILES string of the molecule is CS(=O)(=O)N1CCC(c2ccc(C(=O)NCc3ccc4[nH]c(=O)[nH]c4c3)cn2)CC1. The Morgan fingerprint density at radius 2 is 1.90 bits per heavy atom. The molecule has 1 saturated heterocycles. The highest BCUT2D eigenvalue weighted by atomic mass is 32.2.